The lowest BCUT2D eigenvalue weighted by Crippen LogP contribution is -2.35. The smallest absolute Gasteiger partial charge is 0.246 e. The lowest BCUT2D eigenvalue weighted by Gasteiger charge is -2.20. The molecule has 1 aromatic rings. The van der Waals surface area contributed by atoms with Gasteiger partial charge in [-0.15, -0.1) is 0 Å². The summed E-state index contributed by atoms with van der Waals surface area (Å²) in [5, 5.41) is 8.97. The summed E-state index contributed by atoms with van der Waals surface area (Å²) in [5.74, 6) is -2.17. The van der Waals surface area contributed by atoms with Crippen LogP contribution in [0.5, 0.6) is 0 Å². The van der Waals surface area contributed by atoms with Gasteiger partial charge in [-0.1, -0.05) is 0 Å². The molecule has 118 valence electrons. The molecule has 1 N–H and O–H groups in total. The highest BCUT2D eigenvalue weighted by atomic mass is 32.2. The number of aliphatic hydroxyl groups is 1. The van der Waals surface area contributed by atoms with Crippen LogP contribution in [0.2, 0.25) is 0 Å². The summed E-state index contributed by atoms with van der Waals surface area (Å²) in [7, 11) is -0.331. The van der Waals surface area contributed by atoms with E-state index in [4.69, 9.17) is 5.11 Å². The summed E-state index contributed by atoms with van der Waals surface area (Å²) in [6.45, 7) is -0.335. The van der Waals surface area contributed by atoms with E-state index in [0.717, 1.165) is 12.1 Å². The summed E-state index contributed by atoms with van der Waals surface area (Å²) in [5.41, 5.74) is -0.626. The molecule has 1 aliphatic heterocycles. The van der Waals surface area contributed by atoms with E-state index in [2.05, 4.69) is 0 Å². The Morgan fingerprint density at radius 3 is 2.57 bits per heavy atom. The van der Waals surface area contributed by atoms with Gasteiger partial charge in [-0.05, 0) is 32.6 Å². The second kappa shape index (κ2) is 5.96. The molecule has 1 aromatic carbocycles. The first kappa shape index (κ1) is 16.3. The highest BCUT2D eigenvalue weighted by Gasteiger charge is 2.35. The van der Waals surface area contributed by atoms with E-state index in [1.807, 2.05) is 19.0 Å². The first-order valence-electron chi connectivity index (χ1n) is 6.53. The molecule has 0 aromatic heterocycles. The minimum atomic E-state index is -4.03. The fraction of sp³-hybridized carbons (Fsp3) is 0.538. The second-order valence-corrected chi connectivity index (χ2v) is 7.17. The van der Waals surface area contributed by atoms with E-state index in [1.165, 1.54) is 4.31 Å². The van der Waals surface area contributed by atoms with Gasteiger partial charge in [0.05, 0.1) is 12.2 Å². The van der Waals surface area contributed by atoms with Gasteiger partial charge < -0.3 is 10.0 Å². The van der Waals surface area contributed by atoms with E-state index >= 15 is 0 Å². The van der Waals surface area contributed by atoms with Gasteiger partial charge in [-0.2, -0.15) is 4.31 Å². The van der Waals surface area contributed by atoms with Crippen LogP contribution in [-0.4, -0.2) is 56.0 Å². The number of sulfonamides is 1. The van der Waals surface area contributed by atoms with Gasteiger partial charge in [0.1, 0.15) is 10.7 Å². The Balaban J connectivity index is 2.38. The van der Waals surface area contributed by atoms with Crippen molar-refractivity contribution in [2.24, 2.45) is 0 Å². The topological polar surface area (TPSA) is 60.9 Å². The van der Waals surface area contributed by atoms with Crippen LogP contribution < -0.4 is 0 Å². The maximum atomic E-state index is 14.1. The molecule has 1 fully saturated rings. The van der Waals surface area contributed by atoms with Crippen LogP contribution in [0.1, 0.15) is 12.0 Å². The molecule has 8 heteroatoms. The number of halogens is 2. The molecule has 21 heavy (non-hydrogen) atoms. The van der Waals surface area contributed by atoms with E-state index in [0.29, 0.717) is 6.42 Å². The lowest BCUT2D eigenvalue weighted by atomic mass is 10.2. The molecule has 0 saturated carbocycles. The van der Waals surface area contributed by atoms with Crippen LogP contribution in [-0.2, 0) is 16.6 Å². The molecule has 5 nitrogen and oxygen atoms in total. The predicted octanol–water partition coefficient (Wildman–Crippen LogP) is 0.782. The average molecular weight is 320 g/mol. The van der Waals surface area contributed by atoms with Crippen LogP contribution in [0, 0.1) is 11.6 Å². The number of likely N-dealkylation sites (N-methyl/N-ethyl adjacent to an activating group) is 1. The number of benzene rings is 1. The molecular weight excluding hydrogens is 302 g/mol. The number of nitrogens with zero attached hydrogens (tertiary/aromatic N) is 2. The second-order valence-electron chi connectivity index (χ2n) is 5.27. The molecule has 2 rings (SSSR count). The molecule has 0 amide bonds. The molecule has 1 heterocycles. The van der Waals surface area contributed by atoms with Crippen molar-refractivity contribution in [3.8, 4) is 0 Å². The zero-order chi connectivity index (χ0) is 15.8. The van der Waals surface area contributed by atoms with Crippen molar-refractivity contribution < 1.29 is 22.3 Å². The minimum Gasteiger partial charge on any atom is -0.391 e. The Kier molecular flexibility index (Phi) is 4.62. The van der Waals surface area contributed by atoms with Crippen LogP contribution in [0.3, 0.4) is 0 Å². The Morgan fingerprint density at radius 2 is 2.05 bits per heavy atom. The van der Waals surface area contributed by atoms with Crippen molar-refractivity contribution in [2.45, 2.75) is 24.0 Å². The maximum absolute atomic E-state index is 14.1. The molecule has 0 radical (unpaired) electrons. The van der Waals surface area contributed by atoms with Crippen LogP contribution in [0.25, 0.3) is 0 Å². The lowest BCUT2D eigenvalue weighted by molar-refractivity contribution is 0.267. The van der Waals surface area contributed by atoms with E-state index in [9.17, 15) is 17.2 Å². The Hall–Kier alpha value is -1.09. The van der Waals surface area contributed by atoms with Gasteiger partial charge in [0, 0.05) is 19.1 Å². The van der Waals surface area contributed by atoms with Gasteiger partial charge in [-0.25, -0.2) is 17.2 Å². The first-order valence-corrected chi connectivity index (χ1v) is 7.97. The number of hydrogen-bond donors (Lipinski definition) is 1. The third-order valence-electron chi connectivity index (χ3n) is 3.78. The third-order valence-corrected chi connectivity index (χ3v) is 5.67. The average Bonchev–Trinajstić information content (AvgIpc) is 2.89. The summed E-state index contributed by atoms with van der Waals surface area (Å²) < 4.78 is 53.6. The molecule has 1 atom stereocenters. The maximum Gasteiger partial charge on any atom is 0.246 e. The minimum absolute atomic E-state index is 0.0700. The van der Waals surface area contributed by atoms with Gasteiger partial charge in [0.15, 0.2) is 5.82 Å². The van der Waals surface area contributed by atoms with E-state index in [-0.39, 0.29) is 19.1 Å². The SMILES string of the molecule is CN(C)C1CCN(S(=O)(=O)c2ccc(F)c(CO)c2F)C1. The number of aliphatic hydroxyl groups excluding tert-OH is 1. The Bertz CT molecular complexity index is 635. The molecule has 0 spiro atoms. The Labute approximate surface area is 122 Å². The van der Waals surface area contributed by atoms with E-state index in [1.54, 1.807) is 0 Å². The summed E-state index contributed by atoms with van der Waals surface area (Å²) >= 11 is 0. The van der Waals surface area contributed by atoms with Crippen molar-refractivity contribution >= 4 is 10.0 Å². The van der Waals surface area contributed by atoms with Crippen molar-refractivity contribution in [1.29, 1.82) is 0 Å². The molecule has 0 aliphatic carbocycles. The molecule has 1 unspecified atom stereocenters. The normalized spacial score (nSPS) is 20.4. The molecule has 0 bridgehead atoms. The fourth-order valence-electron chi connectivity index (χ4n) is 2.41. The van der Waals surface area contributed by atoms with Gasteiger partial charge in [0.2, 0.25) is 10.0 Å². The largest absolute Gasteiger partial charge is 0.391 e. The number of hydrogen-bond acceptors (Lipinski definition) is 4. The number of rotatable bonds is 4. The van der Waals surface area contributed by atoms with Gasteiger partial charge in [-0.3, -0.25) is 0 Å². The van der Waals surface area contributed by atoms with Crippen LogP contribution in [0.4, 0.5) is 8.78 Å². The van der Waals surface area contributed by atoms with Gasteiger partial charge in [0.25, 0.3) is 0 Å². The fourth-order valence-corrected chi connectivity index (χ4v) is 3.99. The predicted molar refractivity (Wildman–Crippen MR) is 73.1 cm³/mol. The first-order chi connectivity index (χ1) is 9.78. The van der Waals surface area contributed by atoms with Crippen LogP contribution >= 0.6 is 0 Å². The van der Waals surface area contributed by atoms with Gasteiger partial charge >= 0.3 is 0 Å². The van der Waals surface area contributed by atoms with Crippen molar-refractivity contribution in [1.82, 2.24) is 9.21 Å². The molecule has 1 saturated heterocycles. The third kappa shape index (κ3) is 2.94. The highest BCUT2D eigenvalue weighted by Crippen LogP contribution is 2.27. The monoisotopic (exact) mass is 320 g/mol. The molecule has 1 aliphatic rings. The highest BCUT2D eigenvalue weighted by molar-refractivity contribution is 7.89. The quantitative estimate of drug-likeness (QED) is 0.891. The zero-order valence-electron chi connectivity index (χ0n) is 11.9. The Morgan fingerprint density at radius 1 is 1.38 bits per heavy atom. The summed E-state index contributed by atoms with van der Waals surface area (Å²) in [4.78, 5) is 1.32. The van der Waals surface area contributed by atoms with E-state index < -0.39 is 38.7 Å². The van der Waals surface area contributed by atoms with Crippen molar-refractivity contribution in [3.63, 3.8) is 0 Å². The van der Waals surface area contributed by atoms with Crippen LogP contribution in [0.15, 0.2) is 17.0 Å². The summed E-state index contributed by atoms with van der Waals surface area (Å²) in [6, 6.07) is 1.84. The molecular formula is C13H18F2N2O3S. The van der Waals surface area contributed by atoms with Crippen molar-refractivity contribution in [2.75, 3.05) is 27.2 Å². The summed E-state index contributed by atoms with van der Waals surface area (Å²) in [6.07, 6.45) is 0.655. The standard InChI is InChI=1S/C13H18F2N2O3S/c1-16(2)9-5-6-17(7-9)21(19,20)12-4-3-11(14)10(8-18)13(12)15/h3-4,9,18H,5-8H2,1-2H3. The zero-order valence-corrected chi connectivity index (χ0v) is 12.7. The van der Waals surface area contributed by atoms with Crippen molar-refractivity contribution in [3.05, 3.63) is 29.3 Å².